The molecule has 0 aliphatic rings. The lowest BCUT2D eigenvalue weighted by Crippen LogP contribution is -2.50. The van der Waals surface area contributed by atoms with Crippen molar-refractivity contribution < 1.29 is 9.53 Å². The lowest BCUT2D eigenvalue weighted by Gasteiger charge is -2.11. The Balaban J connectivity index is 1.75. The molecular formula is C26H29N5O4S. The molecule has 188 valence electrons. The first-order valence-corrected chi connectivity index (χ1v) is 12.7. The van der Waals surface area contributed by atoms with Crippen molar-refractivity contribution in [2.24, 2.45) is 4.99 Å². The highest BCUT2D eigenvalue weighted by molar-refractivity contribution is 7.18. The molecule has 2 aromatic carbocycles. The number of carbonyl (C=O) groups excluding carboxylic acids is 1. The minimum absolute atomic E-state index is 0.177. The number of aromatic nitrogens is 4. The molecule has 0 unspecified atom stereocenters. The number of fused-ring (bicyclic) bond motifs is 1. The summed E-state index contributed by atoms with van der Waals surface area (Å²) in [5.41, 5.74) is 2.73. The number of H-pyrrole nitrogens is 1. The van der Waals surface area contributed by atoms with E-state index in [0.717, 1.165) is 37.3 Å². The van der Waals surface area contributed by atoms with Crippen molar-refractivity contribution in [3.63, 3.8) is 0 Å². The fourth-order valence-corrected chi connectivity index (χ4v) is 4.74. The maximum atomic E-state index is 13.5. The molecule has 0 aliphatic carbocycles. The van der Waals surface area contributed by atoms with E-state index in [-0.39, 0.29) is 31.1 Å². The number of methoxy groups -OCH3 is 1. The Morgan fingerprint density at radius 2 is 1.89 bits per heavy atom. The van der Waals surface area contributed by atoms with Crippen LogP contribution in [-0.2, 0) is 29.0 Å². The van der Waals surface area contributed by atoms with Crippen molar-refractivity contribution in [3.05, 3.63) is 85.2 Å². The van der Waals surface area contributed by atoms with Gasteiger partial charge in [0.1, 0.15) is 0 Å². The maximum absolute atomic E-state index is 13.5. The molecule has 0 spiro atoms. The van der Waals surface area contributed by atoms with Gasteiger partial charge >= 0.3 is 17.3 Å². The minimum Gasteiger partial charge on any atom is -0.469 e. The molecule has 4 rings (SSSR count). The number of ether oxygens (including phenoxy) is 1. The van der Waals surface area contributed by atoms with E-state index >= 15 is 0 Å². The SMILES string of the molecule is CCc1nc2ccc(/N=c3\[nH]c(=O)n(CCCCC(=O)OC)c(=O)n3Cc3ccc(C)cc3)cc2s1. The Morgan fingerprint density at radius 1 is 1.11 bits per heavy atom. The Labute approximate surface area is 211 Å². The number of rotatable bonds is 9. The van der Waals surface area contributed by atoms with Gasteiger partial charge in [0.25, 0.3) is 0 Å². The monoisotopic (exact) mass is 507 g/mol. The quantitative estimate of drug-likeness (QED) is 0.276. The molecule has 0 bridgehead atoms. The molecule has 2 aromatic heterocycles. The van der Waals surface area contributed by atoms with Crippen molar-refractivity contribution >= 4 is 33.2 Å². The number of aryl methyl sites for hydroxylation is 2. The van der Waals surface area contributed by atoms with Crippen LogP contribution in [0.4, 0.5) is 5.69 Å². The molecule has 0 atom stereocenters. The number of unbranched alkanes of at least 4 members (excludes halogenated alkanes) is 1. The van der Waals surface area contributed by atoms with Gasteiger partial charge in [-0.3, -0.25) is 14.3 Å². The number of aromatic amines is 1. The van der Waals surface area contributed by atoms with Gasteiger partial charge in [0.2, 0.25) is 5.62 Å². The van der Waals surface area contributed by atoms with Crippen LogP contribution < -0.4 is 17.0 Å². The fraction of sp³-hybridized carbons (Fsp3) is 0.346. The van der Waals surface area contributed by atoms with E-state index in [1.807, 2.05) is 49.4 Å². The summed E-state index contributed by atoms with van der Waals surface area (Å²) in [6.45, 7) is 4.50. The van der Waals surface area contributed by atoms with Crippen LogP contribution in [0.15, 0.2) is 57.0 Å². The second-order valence-corrected chi connectivity index (χ2v) is 9.63. The average Bonchev–Trinajstić information content (AvgIpc) is 3.29. The van der Waals surface area contributed by atoms with E-state index in [9.17, 15) is 14.4 Å². The third-order valence-electron chi connectivity index (χ3n) is 5.84. The zero-order valence-electron chi connectivity index (χ0n) is 20.6. The van der Waals surface area contributed by atoms with E-state index in [0.29, 0.717) is 18.5 Å². The lowest BCUT2D eigenvalue weighted by atomic mass is 10.1. The molecule has 0 saturated heterocycles. The van der Waals surface area contributed by atoms with E-state index in [2.05, 4.69) is 26.6 Å². The van der Waals surface area contributed by atoms with Crippen LogP contribution in [0.3, 0.4) is 0 Å². The van der Waals surface area contributed by atoms with Crippen molar-refractivity contribution in [1.29, 1.82) is 0 Å². The van der Waals surface area contributed by atoms with Crippen LogP contribution >= 0.6 is 11.3 Å². The minimum atomic E-state index is -0.538. The molecule has 0 radical (unpaired) electrons. The molecule has 9 nitrogen and oxygen atoms in total. The lowest BCUT2D eigenvalue weighted by molar-refractivity contribution is -0.140. The molecule has 1 N–H and O–H groups in total. The van der Waals surface area contributed by atoms with Gasteiger partial charge in [-0.1, -0.05) is 36.8 Å². The summed E-state index contributed by atoms with van der Waals surface area (Å²) >= 11 is 1.61. The van der Waals surface area contributed by atoms with Gasteiger partial charge < -0.3 is 4.74 Å². The van der Waals surface area contributed by atoms with Gasteiger partial charge in [-0.05, 0) is 49.9 Å². The summed E-state index contributed by atoms with van der Waals surface area (Å²) in [7, 11) is 1.34. The topological polar surface area (TPSA) is 111 Å². The Bertz CT molecular complexity index is 1560. The van der Waals surface area contributed by atoms with Gasteiger partial charge in [0.15, 0.2) is 0 Å². The predicted octanol–water partition coefficient (Wildman–Crippen LogP) is 3.44. The summed E-state index contributed by atoms with van der Waals surface area (Å²) in [5.74, 6) is -0.316. The summed E-state index contributed by atoms with van der Waals surface area (Å²) in [5, 5.41) is 1.04. The predicted molar refractivity (Wildman–Crippen MR) is 140 cm³/mol. The number of carbonyl (C=O) groups is 1. The standard InChI is InChI=1S/C26H29N5O4S/c1-4-22-28-20-13-12-19(15-21(20)36-22)27-24-29-25(33)30(14-6-5-7-23(32)35-3)26(34)31(24)16-18-10-8-17(2)9-11-18/h8-13,15H,4-7,14,16H2,1-3H3,(H,27,29,33). The van der Waals surface area contributed by atoms with Gasteiger partial charge in [-0.15, -0.1) is 11.3 Å². The van der Waals surface area contributed by atoms with Crippen LogP contribution in [0.2, 0.25) is 0 Å². The third kappa shape index (κ3) is 5.88. The highest BCUT2D eigenvalue weighted by atomic mass is 32.1. The van der Waals surface area contributed by atoms with E-state index in [4.69, 9.17) is 0 Å². The van der Waals surface area contributed by atoms with Crippen LogP contribution in [-0.4, -0.2) is 32.2 Å². The summed E-state index contributed by atoms with van der Waals surface area (Å²) < 4.78 is 8.29. The average molecular weight is 508 g/mol. The Kier molecular flexibility index (Phi) is 7.94. The molecule has 0 amide bonds. The van der Waals surface area contributed by atoms with Crippen molar-refractivity contribution in [1.82, 2.24) is 19.1 Å². The highest BCUT2D eigenvalue weighted by Crippen LogP contribution is 2.26. The molecule has 0 aliphatic heterocycles. The van der Waals surface area contributed by atoms with E-state index < -0.39 is 11.4 Å². The summed E-state index contributed by atoms with van der Waals surface area (Å²) in [6, 6.07) is 13.5. The smallest absolute Gasteiger partial charge is 0.335 e. The third-order valence-corrected chi connectivity index (χ3v) is 7.00. The number of benzene rings is 2. The number of thiazole rings is 1. The van der Waals surface area contributed by atoms with Gasteiger partial charge in [0.05, 0.1) is 34.6 Å². The second kappa shape index (κ2) is 11.3. The number of nitrogens with zero attached hydrogens (tertiary/aromatic N) is 4. The Hall–Kier alpha value is -3.79. The number of esters is 1. The van der Waals surface area contributed by atoms with Gasteiger partial charge in [-0.2, -0.15) is 0 Å². The van der Waals surface area contributed by atoms with Crippen LogP contribution in [0.25, 0.3) is 10.2 Å². The zero-order chi connectivity index (χ0) is 25.7. The molecule has 10 heteroatoms. The molecule has 0 fully saturated rings. The highest BCUT2D eigenvalue weighted by Gasteiger charge is 2.11. The first-order chi connectivity index (χ1) is 17.4. The first-order valence-electron chi connectivity index (χ1n) is 11.9. The maximum Gasteiger partial charge on any atom is 0.335 e. The number of hydrogen-bond donors (Lipinski definition) is 1. The zero-order valence-corrected chi connectivity index (χ0v) is 21.4. The normalized spacial score (nSPS) is 11.8. The number of hydrogen-bond acceptors (Lipinski definition) is 7. The van der Waals surface area contributed by atoms with Crippen LogP contribution in [0.5, 0.6) is 0 Å². The molecule has 0 saturated carbocycles. The van der Waals surface area contributed by atoms with Gasteiger partial charge in [0, 0.05) is 13.0 Å². The molecule has 36 heavy (non-hydrogen) atoms. The Morgan fingerprint density at radius 3 is 2.61 bits per heavy atom. The van der Waals surface area contributed by atoms with Crippen molar-refractivity contribution in [2.75, 3.05) is 7.11 Å². The van der Waals surface area contributed by atoms with Crippen LogP contribution in [0, 0.1) is 6.92 Å². The molecule has 4 aromatic rings. The summed E-state index contributed by atoms with van der Waals surface area (Å²) in [6.07, 6.45) is 2.09. The molecule has 2 heterocycles. The van der Waals surface area contributed by atoms with E-state index in [1.54, 1.807) is 11.3 Å². The van der Waals surface area contributed by atoms with E-state index in [1.165, 1.54) is 11.7 Å². The van der Waals surface area contributed by atoms with Crippen molar-refractivity contribution in [2.45, 2.75) is 52.6 Å². The van der Waals surface area contributed by atoms with Gasteiger partial charge in [-0.25, -0.2) is 24.1 Å². The first kappa shape index (κ1) is 25.3. The summed E-state index contributed by atoms with van der Waals surface area (Å²) in [4.78, 5) is 49.7. The van der Waals surface area contributed by atoms with Crippen LogP contribution in [0.1, 0.15) is 42.3 Å². The largest absolute Gasteiger partial charge is 0.469 e. The van der Waals surface area contributed by atoms with Crippen molar-refractivity contribution in [3.8, 4) is 0 Å². The molecular weight excluding hydrogens is 478 g/mol. The second-order valence-electron chi connectivity index (χ2n) is 8.52. The fourth-order valence-electron chi connectivity index (χ4n) is 3.80. The number of nitrogens with one attached hydrogen (secondary N) is 1.